The number of hydrogen-bond donors (Lipinski definition) is 3. The molecule has 0 aliphatic heterocycles. The molecule has 4 N–H and O–H groups in total. The summed E-state index contributed by atoms with van der Waals surface area (Å²) >= 11 is 0. The Labute approximate surface area is 103 Å². The van der Waals surface area contributed by atoms with E-state index in [0.717, 1.165) is 11.1 Å². The smallest absolute Gasteiger partial charge is 0.124 e. The minimum atomic E-state index is -0.522. The van der Waals surface area contributed by atoms with Crippen molar-refractivity contribution < 1.29 is 10.2 Å². The number of phenolic OH excluding ortho intramolecular Hbond substituents is 1. The molecule has 3 heteroatoms. The van der Waals surface area contributed by atoms with E-state index < -0.39 is 6.04 Å². The lowest BCUT2D eigenvalue weighted by Crippen LogP contribution is -2.18. The summed E-state index contributed by atoms with van der Waals surface area (Å²) in [5.74, 6) is 0.753. The van der Waals surface area contributed by atoms with Gasteiger partial charge in [-0.25, -0.2) is 0 Å². The molecule has 0 amide bonds. The lowest BCUT2D eigenvalue weighted by Gasteiger charge is -2.22. The number of nitrogens with two attached hydrogens (primary N) is 1. The van der Waals surface area contributed by atoms with Gasteiger partial charge in [-0.2, -0.15) is 0 Å². The lowest BCUT2D eigenvalue weighted by molar-refractivity contribution is 0.264. The molecule has 0 aromatic heterocycles. The summed E-state index contributed by atoms with van der Waals surface area (Å²) in [5.41, 5.74) is 8.47. The highest BCUT2D eigenvalue weighted by Crippen LogP contribution is 2.37. The molecule has 1 rings (SSSR count). The van der Waals surface area contributed by atoms with Gasteiger partial charge in [0, 0.05) is 5.56 Å². The van der Waals surface area contributed by atoms with Crippen LogP contribution in [0.1, 0.15) is 62.3 Å². The Hall–Kier alpha value is -1.06. The van der Waals surface area contributed by atoms with Gasteiger partial charge >= 0.3 is 0 Å². The largest absolute Gasteiger partial charge is 0.507 e. The molecule has 0 aliphatic carbocycles. The fourth-order valence-electron chi connectivity index (χ4n) is 2.09. The lowest BCUT2D eigenvalue weighted by atomic mass is 9.88. The highest BCUT2D eigenvalue weighted by atomic mass is 16.3. The monoisotopic (exact) mass is 237 g/mol. The Balaban J connectivity index is 3.42. The maximum atomic E-state index is 10.3. The molecule has 0 saturated heterocycles. The van der Waals surface area contributed by atoms with Gasteiger partial charge in [-0.15, -0.1) is 0 Å². The third-order valence-corrected chi connectivity index (χ3v) is 3.09. The van der Waals surface area contributed by atoms with Crippen LogP contribution in [0.2, 0.25) is 0 Å². The summed E-state index contributed by atoms with van der Waals surface area (Å²) in [4.78, 5) is 0. The van der Waals surface area contributed by atoms with E-state index in [9.17, 15) is 10.2 Å². The number of aliphatic hydroxyl groups excluding tert-OH is 1. The maximum Gasteiger partial charge on any atom is 0.124 e. The zero-order valence-corrected chi connectivity index (χ0v) is 11.1. The molecule has 0 spiro atoms. The van der Waals surface area contributed by atoms with Gasteiger partial charge in [0.15, 0.2) is 0 Å². The van der Waals surface area contributed by atoms with Gasteiger partial charge in [0.05, 0.1) is 12.6 Å². The zero-order chi connectivity index (χ0) is 13.2. The molecule has 3 nitrogen and oxygen atoms in total. The minimum absolute atomic E-state index is 0.158. The molecular weight excluding hydrogens is 214 g/mol. The standard InChI is InChI=1S/C14H23NO2/c1-8(2)10-5-6-11(9(3)4)14(17)13(10)12(15)7-16/h5-6,8-9,12,16-17H,7,15H2,1-4H3. The van der Waals surface area contributed by atoms with Crippen LogP contribution in [-0.4, -0.2) is 16.8 Å². The molecule has 0 aliphatic rings. The van der Waals surface area contributed by atoms with E-state index in [0.29, 0.717) is 5.56 Å². The first-order valence-corrected chi connectivity index (χ1v) is 6.12. The third kappa shape index (κ3) is 2.79. The summed E-state index contributed by atoms with van der Waals surface area (Å²) in [6, 6.07) is 3.43. The van der Waals surface area contributed by atoms with E-state index in [1.807, 2.05) is 26.0 Å². The van der Waals surface area contributed by atoms with Crippen LogP contribution in [-0.2, 0) is 0 Å². The highest BCUT2D eigenvalue weighted by molar-refractivity contribution is 5.49. The van der Waals surface area contributed by atoms with Crippen LogP contribution in [0.15, 0.2) is 12.1 Å². The van der Waals surface area contributed by atoms with Crippen LogP contribution in [0.4, 0.5) is 0 Å². The summed E-state index contributed by atoms with van der Waals surface area (Å²) in [5, 5.41) is 19.5. The summed E-state index contributed by atoms with van der Waals surface area (Å²) < 4.78 is 0. The van der Waals surface area contributed by atoms with Gasteiger partial charge in [0.25, 0.3) is 0 Å². The predicted molar refractivity (Wildman–Crippen MR) is 70.3 cm³/mol. The average molecular weight is 237 g/mol. The van der Waals surface area contributed by atoms with Gasteiger partial charge in [-0.05, 0) is 23.0 Å². The van der Waals surface area contributed by atoms with Crippen LogP contribution in [0.3, 0.4) is 0 Å². The fourth-order valence-corrected chi connectivity index (χ4v) is 2.09. The molecule has 0 bridgehead atoms. The predicted octanol–water partition coefficient (Wildman–Crippen LogP) is 2.63. The van der Waals surface area contributed by atoms with E-state index >= 15 is 0 Å². The van der Waals surface area contributed by atoms with Crippen LogP contribution < -0.4 is 5.73 Å². The number of aromatic hydroxyl groups is 1. The first kappa shape index (κ1) is 14.0. The molecular formula is C14H23NO2. The van der Waals surface area contributed by atoms with Crippen molar-refractivity contribution in [3.63, 3.8) is 0 Å². The molecule has 17 heavy (non-hydrogen) atoms. The van der Waals surface area contributed by atoms with Crippen molar-refractivity contribution in [1.82, 2.24) is 0 Å². The quantitative estimate of drug-likeness (QED) is 0.754. The molecule has 0 fully saturated rings. The first-order chi connectivity index (χ1) is 7.90. The Morgan fingerprint density at radius 2 is 1.53 bits per heavy atom. The van der Waals surface area contributed by atoms with Gasteiger partial charge < -0.3 is 15.9 Å². The molecule has 96 valence electrons. The van der Waals surface area contributed by atoms with Gasteiger partial charge in [0.1, 0.15) is 5.75 Å². The molecule has 0 heterocycles. The minimum Gasteiger partial charge on any atom is -0.507 e. The van der Waals surface area contributed by atoms with Crippen molar-refractivity contribution >= 4 is 0 Å². The van der Waals surface area contributed by atoms with E-state index in [1.165, 1.54) is 0 Å². The average Bonchev–Trinajstić information content (AvgIpc) is 2.26. The third-order valence-electron chi connectivity index (χ3n) is 3.09. The van der Waals surface area contributed by atoms with Crippen molar-refractivity contribution in [2.45, 2.75) is 45.6 Å². The van der Waals surface area contributed by atoms with Gasteiger partial charge in [-0.1, -0.05) is 39.8 Å². The zero-order valence-electron chi connectivity index (χ0n) is 11.1. The molecule has 1 aromatic rings. The Kier molecular flexibility index (Phi) is 4.54. The normalized spacial score (nSPS) is 13.4. The molecule has 1 atom stereocenters. The number of hydrogen-bond acceptors (Lipinski definition) is 3. The molecule has 1 aromatic carbocycles. The second kappa shape index (κ2) is 5.52. The number of phenols is 1. The van der Waals surface area contributed by atoms with E-state index in [2.05, 4.69) is 13.8 Å². The second-order valence-electron chi connectivity index (χ2n) is 5.10. The molecule has 0 radical (unpaired) electrons. The van der Waals surface area contributed by atoms with Crippen LogP contribution in [0, 0.1) is 0 Å². The topological polar surface area (TPSA) is 66.5 Å². The fraction of sp³-hybridized carbons (Fsp3) is 0.571. The van der Waals surface area contributed by atoms with Crippen LogP contribution in [0.5, 0.6) is 5.75 Å². The number of rotatable bonds is 4. The summed E-state index contributed by atoms with van der Waals surface area (Å²) in [7, 11) is 0. The summed E-state index contributed by atoms with van der Waals surface area (Å²) in [6.45, 7) is 8.00. The SMILES string of the molecule is CC(C)c1ccc(C(C)C)c(C(N)CO)c1O. The van der Waals surface area contributed by atoms with Crippen molar-refractivity contribution in [3.05, 3.63) is 28.8 Å². The van der Waals surface area contributed by atoms with Gasteiger partial charge in [0.2, 0.25) is 0 Å². The van der Waals surface area contributed by atoms with Crippen molar-refractivity contribution in [2.24, 2.45) is 5.73 Å². The number of benzene rings is 1. The van der Waals surface area contributed by atoms with Crippen LogP contribution in [0.25, 0.3) is 0 Å². The van der Waals surface area contributed by atoms with Gasteiger partial charge in [-0.3, -0.25) is 0 Å². The molecule has 1 unspecified atom stereocenters. The molecule has 0 saturated carbocycles. The van der Waals surface area contributed by atoms with Crippen molar-refractivity contribution in [3.8, 4) is 5.75 Å². The van der Waals surface area contributed by atoms with E-state index in [-0.39, 0.29) is 24.2 Å². The number of aliphatic hydroxyl groups is 1. The van der Waals surface area contributed by atoms with Crippen LogP contribution >= 0.6 is 0 Å². The van der Waals surface area contributed by atoms with Crippen molar-refractivity contribution in [1.29, 1.82) is 0 Å². The Morgan fingerprint density at radius 1 is 1.06 bits per heavy atom. The Bertz CT molecular complexity index is 386. The second-order valence-corrected chi connectivity index (χ2v) is 5.10. The summed E-state index contributed by atoms with van der Waals surface area (Å²) in [6.07, 6.45) is 0. The maximum absolute atomic E-state index is 10.3. The van der Waals surface area contributed by atoms with E-state index in [4.69, 9.17) is 5.73 Å². The van der Waals surface area contributed by atoms with E-state index in [1.54, 1.807) is 0 Å². The Morgan fingerprint density at radius 3 is 1.94 bits per heavy atom. The first-order valence-electron chi connectivity index (χ1n) is 6.12. The highest BCUT2D eigenvalue weighted by Gasteiger charge is 2.20. The van der Waals surface area contributed by atoms with Crippen molar-refractivity contribution in [2.75, 3.05) is 6.61 Å².